The van der Waals surface area contributed by atoms with Crippen LogP contribution in [0.1, 0.15) is 5.56 Å². The van der Waals surface area contributed by atoms with E-state index in [1.54, 1.807) is 0 Å². The number of anilines is 2. The number of hydrogen-bond donors (Lipinski definition) is 0. The van der Waals surface area contributed by atoms with Crippen LogP contribution >= 0.6 is 15.9 Å². The van der Waals surface area contributed by atoms with Gasteiger partial charge in [-0.1, -0.05) is 18.2 Å². The zero-order valence-corrected chi connectivity index (χ0v) is 11.8. The van der Waals surface area contributed by atoms with Crippen molar-refractivity contribution in [2.24, 2.45) is 0 Å². The molecule has 1 aliphatic rings. The lowest BCUT2D eigenvalue weighted by Gasteiger charge is -2.32. The fourth-order valence-corrected chi connectivity index (χ4v) is 2.96. The fraction of sp³-hybridized carbons (Fsp3) is 0.200. The van der Waals surface area contributed by atoms with Gasteiger partial charge in [0.2, 0.25) is 0 Å². The Morgan fingerprint density at radius 1 is 1.11 bits per heavy atom. The molecule has 0 radical (unpaired) electrons. The van der Waals surface area contributed by atoms with Gasteiger partial charge in [0.15, 0.2) is 0 Å². The van der Waals surface area contributed by atoms with Crippen molar-refractivity contribution in [1.82, 2.24) is 0 Å². The second-order valence-electron chi connectivity index (χ2n) is 4.42. The molecule has 2 aromatic carbocycles. The Balaban J connectivity index is 2.08. The minimum Gasteiger partial charge on any atom is -0.490 e. The Morgan fingerprint density at radius 2 is 1.94 bits per heavy atom. The van der Waals surface area contributed by atoms with Gasteiger partial charge in [0.05, 0.1) is 17.9 Å². The summed E-state index contributed by atoms with van der Waals surface area (Å²) < 4.78 is 6.81. The highest BCUT2D eigenvalue weighted by Gasteiger charge is 2.20. The topological polar surface area (TPSA) is 12.5 Å². The van der Waals surface area contributed by atoms with E-state index >= 15 is 0 Å². The van der Waals surface area contributed by atoms with E-state index in [9.17, 15) is 0 Å². The van der Waals surface area contributed by atoms with E-state index in [2.05, 4.69) is 52.0 Å². The first-order valence-electron chi connectivity index (χ1n) is 6.01. The molecule has 2 nitrogen and oxygen atoms in total. The van der Waals surface area contributed by atoms with Crippen LogP contribution in [0.15, 0.2) is 46.9 Å². The molecule has 0 saturated heterocycles. The van der Waals surface area contributed by atoms with E-state index in [0.717, 1.165) is 29.1 Å². The van der Waals surface area contributed by atoms with Gasteiger partial charge in [-0.2, -0.15) is 0 Å². The second-order valence-corrected chi connectivity index (χ2v) is 5.28. The van der Waals surface area contributed by atoms with Gasteiger partial charge in [0.25, 0.3) is 0 Å². The summed E-state index contributed by atoms with van der Waals surface area (Å²) in [5, 5.41) is 0. The third-order valence-electron chi connectivity index (χ3n) is 3.12. The van der Waals surface area contributed by atoms with Crippen LogP contribution in [0.2, 0.25) is 0 Å². The predicted molar refractivity (Wildman–Crippen MR) is 77.8 cm³/mol. The molecule has 0 fully saturated rings. The zero-order chi connectivity index (χ0) is 12.5. The smallest absolute Gasteiger partial charge is 0.143 e. The van der Waals surface area contributed by atoms with Gasteiger partial charge in [0, 0.05) is 4.47 Å². The van der Waals surface area contributed by atoms with Crippen molar-refractivity contribution in [3.63, 3.8) is 0 Å². The molecule has 0 saturated carbocycles. The Morgan fingerprint density at radius 3 is 2.78 bits per heavy atom. The summed E-state index contributed by atoms with van der Waals surface area (Å²) in [6.07, 6.45) is 0. The Hall–Kier alpha value is -1.48. The summed E-state index contributed by atoms with van der Waals surface area (Å²) in [6, 6.07) is 14.6. The number of hydrogen-bond acceptors (Lipinski definition) is 2. The van der Waals surface area contributed by atoms with Crippen LogP contribution in [0.3, 0.4) is 0 Å². The number of halogens is 1. The number of nitrogens with zero attached hydrogens (tertiary/aromatic N) is 1. The summed E-state index contributed by atoms with van der Waals surface area (Å²) in [5.41, 5.74) is 3.58. The quantitative estimate of drug-likeness (QED) is 0.779. The van der Waals surface area contributed by atoms with Crippen LogP contribution in [0.25, 0.3) is 0 Å². The van der Waals surface area contributed by atoms with Gasteiger partial charge in [0.1, 0.15) is 12.4 Å². The maximum atomic E-state index is 5.68. The lowest BCUT2D eigenvalue weighted by Crippen LogP contribution is -2.28. The number of fused-ring (bicyclic) bond motifs is 1. The molecular weight excluding hydrogens is 290 g/mol. The van der Waals surface area contributed by atoms with Crippen molar-refractivity contribution in [2.75, 3.05) is 18.1 Å². The monoisotopic (exact) mass is 303 g/mol. The van der Waals surface area contributed by atoms with Crippen molar-refractivity contribution in [3.8, 4) is 5.75 Å². The molecule has 92 valence electrons. The first kappa shape index (κ1) is 11.6. The van der Waals surface area contributed by atoms with Crippen LogP contribution in [0.4, 0.5) is 11.4 Å². The lowest BCUT2D eigenvalue weighted by atomic mass is 10.1. The fourth-order valence-electron chi connectivity index (χ4n) is 2.25. The molecule has 3 rings (SSSR count). The summed E-state index contributed by atoms with van der Waals surface area (Å²) in [7, 11) is 0. The molecule has 0 atom stereocenters. The molecular formula is C15H14BrNO. The van der Waals surface area contributed by atoms with Gasteiger partial charge >= 0.3 is 0 Å². The van der Waals surface area contributed by atoms with Gasteiger partial charge in [-0.05, 0) is 52.7 Å². The van der Waals surface area contributed by atoms with Crippen LogP contribution in [0, 0.1) is 6.92 Å². The van der Waals surface area contributed by atoms with E-state index in [4.69, 9.17) is 4.74 Å². The molecule has 18 heavy (non-hydrogen) atoms. The zero-order valence-electron chi connectivity index (χ0n) is 10.2. The summed E-state index contributed by atoms with van der Waals surface area (Å²) >= 11 is 3.65. The SMILES string of the molecule is Cc1ccc(N2CCOc3ccccc32)c(Br)c1. The molecule has 2 aromatic rings. The number of ether oxygens (including phenoxy) is 1. The summed E-state index contributed by atoms with van der Waals surface area (Å²) in [4.78, 5) is 2.29. The van der Waals surface area contributed by atoms with Crippen LogP contribution < -0.4 is 9.64 Å². The average molecular weight is 304 g/mol. The minimum absolute atomic E-state index is 0.720. The third-order valence-corrected chi connectivity index (χ3v) is 3.76. The van der Waals surface area contributed by atoms with E-state index in [-0.39, 0.29) is 0 Å². The second kappa shape index (κ2) is 4.65. The van der Waals surface area contributed by atoms with Crippen molar-refractivity contribution < 1.29 is 4.74 Å². The molecule has 0 amide bonds. The number of rotatable bonds is 1. The van der Waals surface area contributed by atoms with Crippen LogP contribution in [-0.4, -0.2) is 13.2 Å². The van der Waals surface area contributed by atoms with Crippen LogP contribution in [-0.2, 0) is 0 Å². The minimum atomic E-state index is 0.720. The number of aryl methyl sites for hydroxylation is 1. The van der Waals surface area contributed by atoms with E-state index < -0.39 is 0 Å². The first-order chi connectivity index (χ1) is 8.75. The number of benzene rings is 2. The van der Waals surface area contributed by atoms with Crippen molar-refractivity contribution in [2.45, 2.75) is 6.92 Å². The normalized spacial score (nSPS) is 14.0. The van der Waals surface area contributed by atoms with Crippen LogP contribution in [0.5, 0.6) is 5.75 Å². The molecule has 0 bridgehead atoms. The van der Waals surface area contributed by atoms with E-state index in [1.165, 1.54) is 11.3 Å². The largest absolute Gasteiger partial charge is 0.490 e. The first-order valence-corrected chi connectivity index (χ1v) is 6.80. The van der Waals surface area contributed by atoms with Crippen molar-refractivity contribution in [3.05, 3.63) is 52.5 Å². The molecule has 0 aromatic heterocycles. The standard InChI is InChI=1S/C15H14BrNO/c1-11-6-7-13(12(16)10-11)17-8-9-18-15-5-3-2-4-14(15)17/h2-7,10H,8-9H2,1H3. The van der Waals surface area contributed by atoms with Crippen molar-refractivity contribution in [1.29, 1.82) is 0 Å². The average Bonchev–Trinajstić information content (AvgIpc) is 2.38. The van der Waals surface area contributed by atoms with Gasteiger partial charge in [-0.25, -0.2) is 0 Å². The third kappa shape index (κ3) is 1.99. The summed E-state index contributed by atoms with van der Waals surface area (Å²) in [5.74, 6) is 0.955. The predicted octanol–water partition coefficient (Wildman–Crippen LogP) is 4.29. The molecule has 1 heterocycles. The van der Waals surface area contributed by atoms with Gasteiger partial charge in [-0.3, -0.25) is 0 Å². The molecule has 0 spiro atoms. The highest BCUT2D eigenvalue weighted by Crippen LogP contribution is 2.39. The maximum Gasteiger partial charge on any atom is 0.143 e. The highest BCUT2D eigenvalue weighted by atomic mass is 79.9. The molecule has 0 aliphatic carbocycles. The van der Waals surface area contributed by atoms with Gasteiger partial charge < -0.3 is 9.64 Å². The van der Waals surface area contributed by atoms with E-state index in [1.807, 2.05) is 18.2 Å². The Bertz CT molecular complexity index is 582. The van der Waals surface area contributed by atoms with Crippen molar-refractivity contribution >= 4 is 27.3 Å². The lowest BCUT2D eigenvalue weighted by molar-refractivity contribution is 0.314. The molecule has 0 N–H and O–H groups in total. The highest BCUT2D eigenvalue weighted by molar-refractivity contribution is 9.10. The molecule has 0 unspecified atom stereocenters. The number of para-hydroxylation sites is 2. The molecule has 1 aliphatic heterocycles. The summed E-state index contributed by atoms with van der Waals surface area (Å²) in [6.45, 7) is 3.69. The maximum absolute atomic E-state index is 5.68. The van der Waals surface area contributed by atoms with E-state index in [0.29, 0.717) is 0 Å². The van der Waals surface area contributed by atoms with Gasteiger partial charge in [-0.15, -0.1) is 0 Å². The Labute approximate surface area is 115 Å². The Kier molecular flexibility index (Phi) is 3.00. The molecule has 3 heteroatoms.